The molecule has 0 aliphatic heterocycles. The van der Waals surface area contributed by atoms with Crippen LogP contribution < -0.4 is 21.7 Å². The van der Waals surface area contributed by atoms with E-state index in [-0.39, 0.29) is 12.2 Å². The lowest BCUT2D eigenvalue weighted by molar-refractivity contribution is 0.406. The van der Waals surface area contributed by atoms with Crippen LogP contribution in [0.5, 0.6) is 5.75 Å². The Balaban J connectivity index is 2.59. The molecule has 112 valence electrons. The number of nitrogens with zero attached hydrogens (tertiary/aromatic N) is 3. The Morgan fingerprint density at radius 2 is 2.00 bits per heavy atom. The molecule has 0 unspecified atom stereocenters. The second kappa shape index (κ2) is 5.43. The summed E-state index contributed by atoms with van der Waals surface area (Å²) < 4.78 is 7.67. The molecular weight excluding hydrogens is 272 g/mol. The normalized spacial score (nSPS) is 10.7. The molecule has 2 aromatic heterocycles. The third-order valence-corrected chi connectivity index (χ3v) is 3.42. The molecular formula is C14H18N4O3. The van der Waals surface area contributed by atoms with Gasteiger partial charge in [0.1, 0.15) is 11.4 Å². The number of rotatable bonds is 3. The van der Waals surface area contributed by atoms with Gasteiger partial charge in [-0.25, -0.2) is 4.79 Å². The molecule has 2 heterocycles. The summed E-state index contributed by atoms with van der Waals surface area (Å²) in [4.78, 5) is 28.4. The minimum absolute atomic E-state index is 0.0221. The van der Waals surface area contributed by atoms with E-state index in [1.807, 2.05) is 13.8 Å². The van der Waals surface area contributed by atoms with Crippen molar-refractivity contribution in [3.63, 3.8) is 0 Å². The van der Waals surface area contributed by atoms with Gasteiger partial charge in [-0.05, 0) is 13.8 Å². The lowest BCUT2D eigenvalue weighted by Gasteiger charge is -2.13. The van der Waals surface area contributed by atoms with E-state index in [0.29, 0.717) is 11.4 Å². The second-order valence-corrected chi connectivity index (χ2v) is 4.92. The number of ether oxygens (including phenoxy) is 1. The van der Waals surface area contributed by atoms with Crippen LogP contribution >= 0.6 is 0 Å². The molecule has 0 fully saturated rings. The van der Waals surface area contributed by atoms with E-state index in [9.17, 15) is 9.59 Å². The van der Waals surface area contributed by atoms with Gasteiger partial charge in [-0.2, -0.15) is 0 Å². The van der Waals surface area contributed by atoms with E-state index in [2.05, 4.69) is 4.98 Å². The fraction of sp³-hybridized carbons (Fsp3) is 0.357. The number of methoxy groups -OCH3 is 1. The number of pyridine rings is 1. The van der Waals surface area contributed by atoms with Gasteiger partial charge in [0.15, 0.2) is 0 Å². The highest BCUT2D eigenvalue weighted by Crippen LogP contribution is 2.23. The summed E-state index contributed by atoms with van der Waals surface area (Å²) in [5.41, 5.74) is 6.99. The number of aromatic nitrogens is 3. The van der Waals surface area contributed by atoms with E-state index < -0.39 is 11.2 Å². The molecule has 0 atom stereocenters. The summed E-state index contributed by atoms with van der Waals surface area (Å²) in [6, 6.07) is 0. The molecule has 0 bridgehead atoms. The SMILES string of the molecule is COc1c(C)cnc(Cn2c(=O)c(N)cn(C)c2=O)c1C. The van der Waals surface area contributed by atoms with Crippen molar-refractivity contribution in [3.05, 3.63) is 50.1 Å². The number of hydrogen-bond donors (Lipinski definition) is 1. The van der Waals surface area contributed by atoms with Gasteiger partial charge in [0.05, 0.1) is 19.3 Å². The van der Waals surface area contributed by atoms with Crippen molar-refractivity contribution in [3.8, 4) is 5.75 Å². The van der Waals surface area contributed by atoms with Gasteiger partial charge in [-0.3, -0.25) is 14.3 Å². The number of anilines is 1. The highest BCUT2D eigenvalue weighted by atomic mass is 16.5. The molecule has 7 heteroatoms. The monoisotopic (exact) mass is 290 g/mol. The smallest absolute Gasteiger partial charge is 0.331 e. The topological polar surface area (TPSA) is 92.1 Å². The molecule has 2 rings (SSSR count). The van der Waals surface area contributed by atoms with Crippen molar-refractivity contribution in [2.24, 2.45) is 7.05 Å². The molecule has 0 aliphatic rings. The summed E-state index contributed by atoms with van der Waals surface area (Å²) >= 11 is 0. The molecule has 2 N–H and O–H groups in total. The summed E-state index contributed by atoms with van der Waals surface area (Å²) in [5, 5.41) is 0. The van der Waals surface area contributed by atoms with Gasteiger partial charge in [-0.15, -0.1) is 0 Å². The van der Waals surface area contributed by atoms with E-state index in [4.69, 9.17) is 10.5 Å². The maximum atomic E-state index is 12.1. The first kappa shape index (κ1) is 14.8. The zero-order valence-electron chi connectivity index (χ0n) is 12.5. The number of nitrogen functional groups attached to an aromatic ring is 1. The van der Waals surface area contributed by atoms with E-state index in [0.717, 1.165) is 15.7 Å². The molecule has 21 heavy (non-hydrogen) atoms. The van der Waals surface area contributed by atoms with Crippen LogP contribution in [0.4, 0.5) is 5.69 Å². The van der Waals surface area contributed by atoms with Crippen molar-refractivity contribution in [1.82, 2.24) is 14.1 Å². The van der Waals surface area contributed by atoms with Gasteiger partial charge in [0.2, 0.25) is 0 Å². The van der Waals surface area contributed by atoms with Crippen molar-refractivity contribution < 1.29 is 4.74 Å². The lowest BCUT2D eigenvalue weighted by Crippen LogP contribution is -2.40. The van der Waals surface area contributed by atoms with Crippen LogP contribution in [-0.4, -0.2) is 21.2 Å². The quantitative estimate of drug-likeness (QED) is 0.871. The number of aryl methyl sites for hydroxylation is 2. The molecule has 0 spiro atoms. The summed E-state index contributed by atoms with van der Waals surface area (Å²) in [6.45, 7) is 3.78. The summed E-state index contributed by atoms with van der Waals surface area (Å²) in [6.07, 6.45) is 2.97. The van der Waals surface area contributed by atoms with Gasteiger partial charge < -0.3 is 15.0 Å². The predicted octanol–water partition coefficient (Wildman–Crippen LogP) is 0.198. The fourth-order valence-corrected chi connectivity index (χ4v) is 2.27. The molecule has 0 radical (unpaired) electrons. The van der Waals surface area contributed by atoms with Crippen LogP contribution in [0, 0.1) is 13.8 Å². The summed E-state index contributed by atoms with van der Waals surface area (Å²) in [5.74, 6) is 0.703. The highest BCUT2D eigenvalue weighted by molar-refractivity contribution is 5.41. The largest absolute Gasteiger partial charge is 0.496 e. The first-order chi connectivity index (χ1) is 9.86. The Hall–Kier alpha value is -2.57. The Morgan fingerprint density at radius 1 is 1.33 bits per heavy atom. The second-order valence-electron chi connectivity index (χ2n) is 4.92. The van der Waals surface area contributed by atoms with Crippen molar-refractivity contribution in [2.75, 3.05) is 12.8 Å². The van der Waals surface area contributed by atoms with Gasteiger partial charge >= 0.3 is 5.69 Å². The number of hydrogen-bond acceptors (Lipinski definition) is 5. The molecule has 0 amide bonds. The van der Waals surface area contributed by atoms with E-state index in [1.54, 1.807) is 20.4 Å². The van der Waals surface area contributed by atoms with Crippen LogP contribution in [0.3, 0.4) is 0 Å². The Bertz CT molecular complexity index is 771. The third kappa shape index (κ3) is 2.54. The van der Waals surface area contributed by atoms with Crippen LogP contribution in [0.25, 0.3) is 0 Å². The maximum Gasteiger partial charge on any atom is 0.331 e. The van der Waals surface area contributed by atoms with E-state index >= 15 is 0 Å². The highest BCUT2D eigenvalue weighted by Gasteiger charge is 2.13. The lowest BCUT2D eigenvalue weighted by atomic mass is 10.1. The van der Waals surface area contributed by atoms with Gasteiger partial charge in [-0.1, -0.05) is 0 Å². The van der Waals surface area contributed by atoms with Crippen LogP contribution in [0.1, 0.15) is 16.8 Å². The van der Waals surface area contributed by atoms with E-state index in [1.165, 1.54) is 10.8 Å². The average molecular weight is 290 g/mol. The minimum atomic E-state index is -0.515. The van der Waals surface area contributed by atoms with Crippen LogP contribution in [-0.2, 0) is 13.6 Å². The molecule has 7 nitrogen and oxygen atoms in total. The molecule has 0 saturated heterocycles. The molecule has 0 aliphatic carbocycles. The first-order valence-electron chi connectivity index (χ1n) is 6.41. The molecule has 0 saturated carbocycles. The summed E-state index contributed by atoms with van der Waals surface area (Å²) in [7, 11) is 3.12. The van der Waals surface area contributed by atoms with Crippen molar-refractivity contribution >= 4 is 5.69 Å². The Labute approximate surface area is 121 Å². The standard InChI is InChI=1S/C14H18N4O3/c1-8-5-16-11(9(2)12(8)21-4)7-18-13(19)10(15)6-17(3)14(18)20/h5-6H,7,15H2,1-4H3. The fourth-order valence-electron chi connectivity index (χ4n) is 2.27. The predicted molar refractivity (Wildman–Crippen MR) is 79.7 cm³/mol. The Kier molecular flexibility index (Phi) is 3.84. The third-order valence-electron chi connectivity index (χ3n) is 3.42. The molecule has 2 aromatic rings. The van der Waals surface area contributed by atoms with Crippen molar-refractivity contribution in [1.29, 1.82) is 0 Å². The van der Waals surface area contributed by atoms with Gasteiger partial charge in [0, 0.05) is 30.6 Å². The van der Waals surface area contributed by atoms with Crippen LogP contribution in [0.15, 0.2) is 22.0 Å². The minimum Gasteiger partial charge on any atom is -0.496 e. The number of nitrogens with two attached hydrogens (primary N) is 1. The zero-order chi connectivity index (χ0) is 15.7. The zero-order valence-corrected chi connectivity index (χ0v) is 12.5. The van der Waals surface area contributed by atoms with Crippen LogP contribution in [0.2, 0.25) is 0 Å². The van der Waals surface area contributed by atoms with Gasteiger partial charge in [0.25, 0.3) is 5.56 Å². The van der Waals surface area contributed by atoms with Crippen molar-refractivity contribution in [2.45, 2.75) is 20.4 Å². The first-order valence-corrected chi connectivity index (χ1v) is 6.41. The average Bonchev–Trinajstić information content (AvgIpc) is 2.44. The Morgan fingerprint density at radius 3 is 2.62 bits per heavy atom. The molecule has 0 aromatic carbocycles. The maximum absolute atomic E-state index is 12.1.